The summed E-state index contributed by atoms with van der Waals surface area (Å²) >= 11 is 0. The molecule has 1 aliphatic rings. The maximum absolute atomic E-state index is 11.6. The van der Waals surface area contributed by atoms with E-state index in [0.29, 0.717) is 0 Å². The van der Waals surface area contributed by atoms with Crippen LogP contribution in [0, 0.1) is 0 Å². The van der Waals surface area contributed by atoms with Crippen LogP contribution in [0.2, 0.25) is 0 Å². The van der Waals surface area contributed by atoms with Crippen molar-refractivity contribution in [1.82, 2.24) is 5.32 Å². The second kappa shape index (κ2) is 3.09. The van der Waals surface area contributed by atoms with Crippen molar-refractivity contribution in [2.75, 3.05) is 6.54 Å². The van der Waals surface area contributed by atoms with E-state index < -0.39 is 0 Å². The smallest absolute Gasteiger partial charge is 0.251 e. The van der Waals surface area contributed by atoms with Gasteiger partial charge in [-0.3, -0.25) is 4.79 Å². The summed E-state index contributed by atoms with van der Waals surface area (Å²) in [6.45, 7) is 0.754. The van der Waals surface area contributed by atoms with Gasteiger partial charge in [-0.05, 0) is 28.8 Å². The van der Waals surface area contributed by atoms with Gasteiger partial charge in [0.05, 0.1) is 0 Å². The van der Waals surface area contributed by atoms with Crippen molar-refractivity contribution in [3.63, 3.8) is 0 Å². The predicted molar refractivity (Wildman–Crippen MR) is 60.0 cm³/mol. The highest BCUT2D eigenvalue weighted by atomic mass is 16.1. The van der Waals surface area contributed by atoms with Crippen LogP contribution in [-0.4, -0.2) is 12.5 Å². The maximum Gasteiger partial charge on any atom is 0.251 e. The molecule has 2 aromatic rings. The summed E-state index contributed by atoms with van der Waals surface area (Å²) in [5.74, 6) is 0.0574. The fourth-order valence-electron chi connectivity index (χ4n) is 2.11. The summed E-state index contributed by atoms with van der Waals surface area (Å²) < 4.78 is 0. The molecule has 0 saturated carbocycles. The number of hydrogen-bond donors (Lipinski definition) is 1. The van der Waals surface area contributed by atoms with Gasteiger partial charge in [0.2, 0.25) is 0 Å². The van der Waals surface area contributed by atoms with E-state index in [4.69, 9.17) is 0 Å². The number of nitrogens with one attached hydrogen (secondary N) is 1. The van der Waals surface area contributed by atoms with Gasteiger partial charge in [0, 0.05) is 12.1 Å². The van der Waals surface area contributed by atoms with Crippen LogP contribution >= 0.6 is 0 Å². The molecule has 0 fully saturated rings. The molecule has 1 N–H and O–H groups in total. The molecular formula is C13H11NO. The number of fused-ring (bicyclic) bond motifs is 2. The van der Waals surface area contributed by atoms with Crippen LogP contribution in [0.3, 0.4) is 0 Å². The Bertz CT molecular complexity index is 545. The summed E-state index contributed by atoms with van der Waals surface area (Å²) in [6.07, 6.45) is 0.936. The largest absolute Gasteiger partial charge is 0.352 e. The van der Waals surface area contributed by atoms with Gasteiger partial charge in [-0.25, -0.2) is 0 Å². The van der Waals surface area contributed by atoms with Gasteiger partial charge in [-0.15, -0.1) is 0 Å². The number of hydrogen-bond acceptors (Lipinski definition) is 1. The third kappa shape index (κ3) is 1.30. The number of rotatable bonds is 0. The summed E-state index contributed by atoms with van der Waals surface area (Å²) in [6, 6.07) is 12.3. The highest BCUT2D eigenvalue weighted by molar-refractivity contribution is 6.01. The molecule has 1 heterocycles. The Morgan fingerprint density at radius 1 is 1.07 bits per heavy atom. The number of carbonyl (C=O) groups excluding carboxylic acids is 1. The summed E-state index contributed by atoms with van der Waals surface area (Å²) in [4.78, 5) is 11.6. The molecule has 2 nitrogen and oxygen atoms in total. The van der Waals surface area contributed by atoms with Crippen LogP contribution in [0.15, 0.2) is 36.4 Å². The van der Waals surface area contributed by atoms with Crippen LogP contribution in [0.25, 0.3) is 10.8 Å². The molecule has 1 aliphatic heterocycles. The minimum atomic E-state index is 0.0574. The lowest BCUT2D eigenvalue weighted by atomic mass is 9.96. The monoisotopic (exact) mass is 197 g/mol. The van der Waals surface area contributed by atoms with Crippen LogP contribution < -0.4 is 5.32 Å². The lowest BCUT2D eigenvalue weighted by Gasteiger charge is -2.16. The Kier molecular flexibility index (Phi) is 1.75. The Balaban J connectivity index is 2.32. The van der Waals surface area contributed by atoms with E-state index in [1.54, 1.807) is 0 Å². The highest BCUT2D eigenvalue weighted by Gasteiger charge is 2.16. The van der Waals surface area contributed by atoms with Crippen LogP contribution in [-0.2, 0) is 6.42 Å². The zero-order valence-electron chi connectivity index (χ0n) is 8.29. The molecule has 1 amide bonds. The van der Waals surface area contributed by atoms with Crippen molar-refractivity contribution >= 4 is 16.7 Å². The van der Waals surface area contributed by atoms with E-state index in [0.717, 1.165) is 29.5 Å². The Labute approximate surface area is 87.9 Å². The second-order valence-corrected chi connectivity index (χ2v) is 3.86. The van der Waals surface area contributed by atoms with Gasteiger partial charge < -0.3 is 5.32 Å². The van der Waals surface area contributed by atoms with E-state index in [1.165, 1.54) is 5.39 Å². The zero-order valence-corrected chi connectivity index (χ0v) is 8.29. The van der Waals surface area contributed by atoms with Crippen molar-refractivity contribution in [3.05, 3.63) is 47.5 Å². The SMILES string of the molecule is O=C1NCCc2cc3ccccc3cc21. The Morgan fingerprint density at radius 2 is 1.80 bits per heavy atom. The zero-order chi connectivity index (χ0) is 10.3. The van der Waals surface area contributed by atoms with Crippen molar-refractivity contribution < 1.29 is 4.79 Å². The molecule has 0 saturated heterocycles. The third-order valence-electron chi connectivity index (χ3n) is 2.90. The molecule has 0 aromatic heterocycles. The van der Waals surface area contributed by atoms with Crippen molar-refractivity contribution in [2.45, 2.75) is 6.42 Å². The first-order valence-electron chi connectivity index (χ1n) is 5.14. The minimum Gasteiger partial charge on any atom is -0.352 e. The fraction of sp³-hybridized carbons (Fsp3) is 0.154. The molecule has 2 aromatic carbocycles. The second-order valence-electron chi connectivity index (χ2n) is 3.86. The van der Waals surface area contributed by atoms with Crippen LogP contribution in [0.4, 0.5) is 0 Å². The van der Waals surface area contributed by atoms with Gasteiger partial charge in [0.25, 0.3) is 5.91 Å². The fourth-order valence-corrected chi connectivity index (χ4v) is 2.11. The van der Waals surface area contributed by atoms with E-state index in [-0.39, 0.29) is 5.91 Å². The number of benzene rings is 2. The standard InChI is InChI=1S/C13H11NO/c15-13-12-8-10-4-2-1-3-9(10)7-11(12)5-6-14-13/h1-4,7-8H,5-6H2,(H,14,15). The topological polar surface area (TPSA) is 29.1 Å². The van der Waals surface area contributed by atoms with Crippen LogP contribution in [0.1, 0.15) is 15.9 Å². The summed E-state index contributed by atoms with van der Waals surface area (Å²) in [5.41, 5.74) is 2.00. The van der Waals surface area contributed by atoms with E-state index in [2.05, 4.69) is 17.4 Å². The third-order valence-corrected chi connectivity index (χ3v) is 2.90. The molecule has 3 rings (SSSR count). The quantitative estimate of drug-likeness (QED) is 0.688. The molecule has 0 spiro atoms. The molecule has 15 heavy (non-hydrogen) atoms. The molecular weight excluding hydrogens is 186 g/mol. The maximum atomic E-state index is 11.6. The van der Waals surface area contributed by atoms with Gasteiger partial charge in [0.1, 0.15) is 0 Å². The predicted octanol–water partition coefficient (Wildman–Crippen LogP) is 2.13. The van der Waals surface area contributed by atoms with Crippen molar-refractivity contribution in [3.8, 4) is 0 Å². The van der Waals surface area contributed by atoms with Crippen LogP contribution in [0.5, 0.6) is 0 Å². The first-order chi connectivity index (χ1) is 7.34. The number of amides is 1. The average Bonchev–Trinajstić information content (AvgIpc) is 2.27. The van der Waals surface area contributed by atoms with E-state index in [9.17, 15) is 4.79 Å². The minimum absolute atomic E-state index is 0.0574. The van der Waals surface area contributed by atoms with Gasteiger partial charge in [-0.2, -0.15) is 0 Å². The van der Waals surface area contributed by atoms with Gasteiger partial charge in [0.15, 0.2) is 0 Å². The van der Waals surface area contributed by atoms with E-state index >= 15 is 0 Å². The average molecular weight is 197 g/mol. The Hall–Kier alpha value is -1.83. The molecule has 0 aliphatic carbocycles. The van der Waals surface area contributed by atoms with Crippen molar-refractivity contribution in [1.29, 1.82) is 0 Å². The lowest BCUT2D eigenvalue weighted by Crippen LogP contribution is -2.31. The molecule has 0 atom stereocenters. The van der Waals surface area contributed by atoms with E-state index in [1.807, 2.05) is 24.3 Å². The lowest BCUT2D eigenvalue weighted by molar-refractivity contribution is 0.0946. The molecule has 0 radical (unpaired) electrons. The first kappa shape index (κ1) is 8.48. The van der Waals surface area contributed by atoms with Gasteiger partial charge >= 0.3 is 0 Å². The van der Waals surface area contributed by atoms with Gasteiger partial charge in [-0.1, -0.05) is 30.3 Å². The highest BCUT2D eigenvalue weighted by Crippen LogP contribution is 2.22. The first-order valence-corrected chi connectivity index (χ1v) is 5.14. The molecule has 0 bridgehead atoms. The normalized spacial score (nSPS) is 14.8. The Morgan fingerprint density at radius 3 is 2.60 bits per heavy atom. The summed E-state index contributed by atoms with van der Waals surface area (Å²) in [7, 11) is 0. The number of carbonyl (C=O) groups is 1. The molecule has 2 heteroatoms. The van der Waals surface area contributed by atoms with Crippen molar-refractivity contribution in [2.24, 2.45) is 0 Å². The molecule has 0 unspecified atom stereocenters. The molecule has 74 valence electrons. The summed E-state index contributed by atoms with van der Waals surface area (Å²) in [5, 5.41) is 5.21.